The number of nitrogen functional groups attached to an aromatic ring is 1. The summed E-state index contributed by atoms with van der Waals surface area (Å²) in [7, 11) is 1.36. The van der Waals surface area contributed by atoms with E-state index in [-0.39, 0.29) is 17.8 Å². The molecule has 1 aromatic heterocycles. The van der Waals surface area contributed by atoms with E-state index in [1.54, 1.807) is 6.07 Å². The largest absolute Gasteiger partial charge is 0.467 e. The minimum atomic E-state index is -0.450. The Morgan fingerprint density at radius 3 is 2.59 bits per heavy atom. The fraction of sp³-hybridized carbons (Fsp3) is 0.545. The van der Waals surface area contributed by atoms with Crippen molar-refractivity contribution < 1.29 is 9.53 Å². The minimum absolute atomic E-state index is 0.0824. The molecule has 1 atom stereocenters. The van der Waals surface area contributed by atoms with Crippen LogP contribution >= 0.6 is 0 Å². The number of esters is 1. The van der Waals surface area contributed by atoms with Gasteiger partial charge in [-0.1, -0.05) is 13.8 Å². The molecule has 1 aromatic rings. The van der Waals surface area contributed by atoms with Gasteiger partial charge in [-0.3, -0.25) is 0 Å². The second-order valence-electron chi connectivity index (χ2n) is 4.14. The Kier molecular flexibility index (Phi) is 4.25. The van der Waals surface area contributed by atoms with Crippen LogP contribution in [0.15, 0.2) is 6.07 Å². The molecule has 17 heavy (non-hydrogen) atoms. The van der Waals surface area contributed by atoms with Gasteiger partial charge in [-0.25, -0.2) is 9.78 Å². The second-order valence-corrected chi connectivity index (χ2v) is 4.14. The normalized spacial score (nSPS) is 12.3. The van der Waals surface area contributed by atoms with E-state index >= 15 is 0 Å². The zero-order chi connectivity index (χ0) is 13.0. The smallest absolute Gasteiger partial charge is 0.328 e. The molecule has 0 fully saturated rings. The van der Waals surface area contributed by atoms with E-state index in [4.69, 9.17) is 10.5 Å². The third-order valence-corrected chi connectivity index (χ3v) is 2.30. The van der Waals surface area contributed by atoms with Crippen LogP contribution in [0.5, 0.6) is 0 Å². The highest BCUT2D eigenvalue weighted by molar-refractivity contribution is 5.79. The van der Waals surface area contributed by atoms with E-state index in [0.29, 0.717) is 5.82 Å². The van der Waals surface area contributed by atoms with Gasteiger partial charge in [0, 0.05) is 11.8 Å². The van der Waals surface area contributed by atoms with Crippen LogP contribution in [-0.2, 0) is 9.53 Å². The van der Waals surface area contributed by atoms with Crippen LogP contribution in [0.25, 0.3) is 0 Å². The number of anilines is 2. The average molecular weight is 238 g/mol. The average Bonchev–Trinajstić information content (AvgIpc) is 2.23. The third kappa shape index (κ3) is 3.58. The van der Waals surface area contributed by atoms with Crippen molar-refractivity contribution in [3.8, 4) is 0 Å². The van der Waals surface area contributed by atoms with Gasteiger partial charge in [-0.05, 0) is 12.8 Å². The summed E-state index contributed by atoms with van der Waals surface area (Å²) in [5, 5.41) is 3.01. The molecule has 0 aliphatic heterocycles. The highest BCUT2D eigenvalue weighted by Crippen LogP contribution is 2.13. The Morgan fingerprint density at radius 2 is 2.12 bits per heavy atom. The third-order valence-electron chi connectivity index (χ3n) is 2.30. The van der Waals surface area contributed by atoms with Gasteiger partial charge in [0.2, 0.25) is 5.95 Å². The number of aryl methyl sites for hydroxylation is 1. The predicted octanol–water partition coefficient (Wildman–Crippen LogP) is 0.977. The van der Waals surface area contributed by atoms with E-state index in [2.05, 4.69) is 15.3 Å². The molecule has 0 amide bonds. The molecule has 1 heterocycles. The number of nitrogens with zero attached hydrogens (tertiary/aromatic N) is 2. The summed E-state index contributed by atoms with van der Waals surface area (Å²) in [4.78, 5) is 19.6. The van der Waals surface area contributed by atoms with Crippen LogP contribution in [-0.4, -0.2) is 29.1 Å². The highest BCUT2D eigenvalue weighted by atomic mass is 16.5. The van der Waals surface area contributed by atoms with Gasteiger partial charge >= 0.3 is 5.97 Å². The van der Waals surface area contributed by atoms with Crippen molar-refractivity contribution in [1.29, 1.82) is 0 Å². The number of rotatable bonds is 4. The van der Waals surface area contributed by atoms with Crippen molar-refractivity contribution in [2.24, 2.45) is 5.92 Å². The fourth-order valence-corrected chi connectivity index (χ4v) is 1.45. The van der Waals surface area contributed by atoms with E-state index in [1.807, 2.05) is 20.8 Å². The maximum atomic E-state index is 11.6. The number of methoxy groups -OCH3 is 1. The Morgan fingerprint density at radius 1 is 1.47 bits per heavy atom. The summed E-state index contributed by atoms with van der Waals surface area (Å²) in [6.45, 7) is 5.66. The highest BCUT2D eigenvalue weighted by Gasteiger charge is 2.23. The van der Waals surface area contributed by atoms with Gasteiger partial charge in [0.05, 0.1) is 7.11 Å². The summed E-state index contributed by atoms with van der Waals surface area (Å²) in [5.74, 6) is 0.466. The molecule has 6 heteroatoms. The summed E-state index contributed by atoms with van der Waals surface area (Å²) in [6, 6.07) is 1.28. The van der Waals surface area contributed by atoms with Crippen molar-refractivity contribution in [3.05, 3.63) is 11.8 Å². The summed E-state index contributed by atoms with van der Waals surface area (Å²) in [6.07, 6.45) is 0. The van der Waals surface area contributed by atoms with Gasteiger partial charge in [-0.2, -0.15) is 4.98 Å². The number of nitrogens with one attached hydrogen (secondary N) is 1. The monoisotopic (exact) mass is 238 g/mol. The lowest BCUT2D eigenvalue weighted by Crippen LogP contribution is -2.35. The van der Waals surface area contributed by atoms with Crippen molar-refractivity contribution in [2.45, 2.75) is 26.8 Å². The molecular formula is C11H18N4O2. The Hall–Kier alpha value is -1.85. The van der Waals surface area contributed by atoms with Crippen molar-refractivity contribution in [3.63, 3.8) is 0 Å². The lowest BCUT2D eigenvalue weighted by atomic mass is 10.0. The number of aromatic nitrogens is 2. The Labute approximate surface area is 101 Å². The molecule has 0 aromatic carbocycles. The first-order chi connectivity index (χ1) is 7.93. The zero-order valence-electron chi connectivity index (χ0n) is 10.5. The van der Waals surface area contributed by atoms with Crippen LogP contribution in [0.4, 0.5) is 11.8 Å². The van der Waals surface area contributed by atoms with E-state index in [0.717, 1.165) is 5.69 Å². The Balaban J connectivity index is 2.89. The van der Waals surface area contributed by atoms with Crippen LogP contribution in [0, 0.1) is 12.8 Å². The van der Waals surface area contributed by atoms with Gasteiger partial charge in [-0.15, -0.1) is 0 Å². The van der Waals surface area contributed by atoms with Gasteiger partial charge in [0.1, 0.15) is 11.9 Å². The first-order valence-corrected chi connectivity index (χ1v) is 5.39. The molecule has 0 aliphatic rings. The van der Waals surface area contributed by atoms with Gasteiger partial charge in [0.15, 0.2) is 0 Å². The molecule has 0 saturated heterocycles. The lowest BCUT2D eigenvalue weighted by Gasteiger charge is -2.20. The molecule has 3 N–H and O–H groups in total. The molecule has 0 radical (unpaired) electrons. The first kappa shape index (κ1) is 13.2. The molecule has 6 nitrogen and oxygen atoms in total. The second kappa shape index (κ2) is 5.47. The summed E-state index contributed by atoms with van der Waals surface area (Å²) in [5.41, 5.74) is 6.28. The molecule has 0 saturated carbocycles. The molecule has 1 rings (SSSR count). The SMILES string of the molecule is COC(=O)C(Nc1cc(C)nc(N)n1)C(C)C. The fourth-order valence-electron chi connectivity index (χ4n) is 1.45. The van der Waals surface area contributed by atoms with Crippen LogP contribution < -0.4 is 11.1 Å². The van der Waals surface area contributed by atoms with Crippen LogP contribution in [0.1, 0.15) is 19.5 Å². The number of hydrogen-bond acceptors (Lipinski definition) is 6. The predicted molar refractivity (Wildman–Crippen MR) is 65.4 cm³/mol. The molecule has 94 valence electrons. The van der Waals surface area contributed by atoms with Crippen molar-refractivity contribution in [2.75, 3.05) is 18.2 Å². The quantitative estimate of drug-likeness (QED) is 0.760. The van der Waals surface area contributed by atoms with Gasteiger partial charge < -0.3 is 15.8 Å². The number of nitrogens with two attached hydrogens (primary N) is 1. The molecule has 1 unspecified atom stereocenters. The maximum absolute atomic E-state index is 11.6. The first-order valence-electron chi connectivity index (χ1n) is 5.39. The van der Waals surface area contributed by atoms with Crippen LogP contribution in [0.3, 0.4) is 0 Å². The molecular weight excluding hydrogens is 220 g/mol. The van der Waals surface area contributed by atoms with Crippen molar-refractivity contribution >= 4 is 17.7 Å². The lowest BCUT2D eigenvalue weighted by molar-refractivity contribution is -0.142. The number of ether oxygens (including phenoxy) is 1. The number of hydrogen-bond donors (Lipinski definition) is 2. The van der Waals surface area contributed by atoms with E-state index < -0.39 is 6.04 Å². The van der Waals surface area contributed by atoms with E-state index in [1.165, 1.54) is 7.11 Å². The Bertz CT molecular complexity index is 386. The van der Waals surface area contributed by atoms with Crippen molar-refractivity contribution in [1.82, 2.24) is 9.97 Å². The number of carbonyl (C=O) groups is 1. The standard InChI is InChI=1S/C11H18N4O2/c1-6(2)9(10(16)17-4)14-8-5-7(3)13-11(12)15-8/h5-6,9H,1-4H3,(H3,12,13,14,15). The van der Waals surface area contributed by atoms with Crippen LogP contribution in [0.2, 0.25) is 0 Å². The van der Waals surface area contributed by atoms with Gasteiger partial charge in [0.25, 0.3) is 0 Å². The topological polar surface area (TPSA) is 90.1 Å². The summed E-state index contributed by atoms with van der Waals surface area (Å²) < 4.78 is 4.73. The molecule has 0 bridgehead atoms. The molecule has 0 spiro atoms. The summed E-state index contributed by atoms with van der Waals surface area (Å²) >= 11 is 0. The maximum Gasteiger partial charge on any atom is 0.328 e. The zero-order valence-corrected chi connectivity index (χ0v) is 10.5. The van der Waals surface area contributed by atoms with E-state index in [9.17, 15) is 4.79 Å². The minimum Gasteiger partial charge on any atom is -0.467 e. The molecule has 0 aliphatic carbocycles. The number of carbonyl (C=O) groups excluding carboxylic acids is 1.